The fourth-order valence-electron chi connectivity index (χ4n) is 1.15. The van der Waals surface area contributed by atoms with E-state index >= 15 is 0 Å². The van der Waals surface area contributed by atoms with E-state index in [1.165, 1.54) is 10.4 Å². The summed E-state index contributed by atoms with van der Waals surface area (Å²) < 4.78 is 2.03. The molecule has 2 nitrogen and oxygen atoms in total. The third kappa shape index (κ3) is 1.16. The SMILES string of the molecule is Cc1csc(-c2nccn2C)c1. The van der Waals surface area contributed by atoms with E-state index in [4.69, 9.17) is 0 Å². The molecule has 0 saturated carbocycles. The zero-order valence-electron chi connectivity index (χ0n) is 7.11. The van der Waals surface area contributed by atoms with Crippen molar-refractivity contribution in [3.05, 3.63) is 29.4 Å². The molecule has 0 aromatic carbocycles. The molecule has 0 aliphatic heterocycles. The highest BCUT2D eigenvalue weighted by Crippen LogP contribution is 2.24. The average Bonchev–Trinajstić information content (AvgIpc) is 2.58. The lowest BCUT2D eigenvalue weighted by atomic mass is 10.3. The van der Waals surface area contributed by atoms with E-state index in [0.29, 0.717) is 0 Å². The molecular weight excluding hydrogens is 168 g/mol. The van der Waals surface area contributed by atoms with Crippen molar-refractivity contribution < 1.29 is 0 Å². The predicted octanol–water partition coefficient (Wildman–Crippen LogP) is 2.46. The van der Waals surface area contributed by atoms with Crippen molar-refractivity contribution in [3.63, 3.8) is 0 Å². The maximum Gasteiger partial charge on any atom is 0.149 e. The maximum absolute atomic E-state index is 4.27. The molecule has 2 aromatic rings. The second-order valence-corrected chi connectivity index (χ2v) is 3.76. The Morgan fingerprint density at radius 2 is 2.33 bits per heavy atom. The molecule has 2 aromatic heterocycles. The van der Waals surface area contributed by atoms with E-state index in [1.807, 2.05) is 24.0 Å². The van der Waals surface area contributed by atoms with Gasteiger partial charge in [-0.1, -0.05) is 0 Å². The summed E-state index contributed by atoms with van der Waals surface area (Å²) in [5.74, 6) is 1.05. The van der Waals surface area contributed by atoms with Gasteiger partial charge in [-0.2, -0.15) is 0 Å². The van der Waals surface area contributed by atoms with Crippen LogP contribution >= 0.6 is 11.3 Å². The van der Waals surface area contributed by atoms with Crippen LogP contribution in [0, 0.1) is 6.92 Å². The van der Waals surface area contributed by atoms with Crippen LogP contribution in [-0.4, -0.2) is 9.55 Å². The van der Waals surface area contributed by atoms with Gasteiger partial charge in [0.25, 0.3) is 0 Å². The Bertz CT molecular complexity index is 387. The molecule has 12 heavy (non-hydrogen) atoms. The molecule has 0 aliphatic carbocycles. The van der Waals surface area contributed by atoms with Gasteiger partial charge in [0.05, 0.1) is 4.88 Å². The molecule has 2 heterocycles. The van der Waals surface area contributed by atoms with Crippen molar-refractivity contribution in [1.82, 2.24) is 9.55 Å². The first kappa shape index (κ1) is 7.55. The Balaban J connectivity index is 2.50. The third-order valence-electron chi connectivity index (χ3n) is 1.77. The van der Waals surface area contributed by atoms with Crippen molar-refractivity contribution in [2.45, 2.75) is 6.92 Å². The topological polar surface area (TPSA) is 17.8 Å². The smallest absolute Gasteiger partial charge is 0.149 e. The summed E-state index contributed by atoms with van der Waals surface area (Å²) in [6.45, 7) is 2.10. The van der Waals surface area contributed by atoms with Crippen LogP contribution in [0.1, 0.15) is 5.56 Å². The molecule has 0 spiro atoms. The molecule has 0 atom stereocenters. The molecule has 3 heteroatoms. The number of nitrogens with zero attached hydrogens (tertiary/aromatic N) is 2. The molecular formula is C9H10N2S. The van der Waals surface area contributed by atoms with Gasteiger partial charge in [-0.25, -0.2) is 4.98 Å². The van der Waals surface area contributed by atoms with Gasteiger partial charge >= 0.3 is 0 Å². The van der Waals surface area contributed by atoms with Crippen molar-refractivity contribution in [2.24, 2.45) is 7.05 Å². The minimum absolute atomic E-state index is 1.05. The third-order valence-corrected chi connectivity index (χ3v) is 2.82. The Kier molecular flexibility index (Phi) is 1.73. The second kappa shape index (κ2) is 2.75. The van der Waals surface area contributed by atoms with Gasteiger partial charge in [-0.05, 0) is 23.9 Å². The summed E-state index contributed by atoms with van der Waals surface area (Å²) >= 11 is 1.74. The van der Waals surface area contributed by atoms with Gasteiger partial charge in [0.1, 0.15) is 5.82 Å². The Morgan fingerprint density at radius 3 is 2.83 bits per heavy atom. The lowest BCUT2D eigenvalue weighted by Crippen LogP contribution is -1.87. The lowest BCUT2D eigenvalue weighted by molar-refractivity contribution is 0.928. The zero-order chi connectivity index (χ0) is 8.55. The van der Waals surface area contributed by atoms with Gasteiger partial charge in [-0.3, -0.25) is 0 Å². The van der Waals surface area contributed by atoms with E-state index in [9.17, 15) is 0 Å². The van der Waals surface area contributed by atoms with Crippen LogP contribution in [-0.2, 0) is 7.05 Å². The van der Waals surface area contributed by atoms with Crippen molar-refractivity contribution in [1.29, 1.82) is 0 Å². The average molecular weight is 178 g/mol. The summed E-state index contributed by atoms with van der Waals surface area (Å²) in [6.07, 6.45) is 3.79. The van der Waals surface area contributed by atoms with Crippen molar-refractivity contribution in [2.75, 3.05) is 0 Å². The van der Waals surface area contributed by atoms with Crippen molar-refractivity contribution >= 4 is 11.3 Å². The van der Waals surface area contributed by atoms with E-state index in [1.54, 1.807) is 11.3 Å². The minimum Gasteiger partial charge on any atom is -0.333 e. The van der Waals surface area contributed by atoms with Gasteiger partial charge in [-0.15, -0.1) is 11.3 Å². The molecule has 2 rings (SSSR count). The van der Waals surface area contributed by atoms with Crippen molar-refractivity contribution in [3.8, 4) is 10.7 Å². The number of thiophene rings is 1. The minimum atomic E-state index is 1.05. The standard InChI is InChI=1S/C9H10N2S/c1-7-5-8(12-6-7)9-10-3-4-11(9)2/h3-6H,1-2H3. The summed E-state index contributed by atoms with van der Waals surface area (Å²) in [5.41, 5.74) is 1.30. The number of rotatable bonds is 1. The van der Waals surface area contributed by atoms with Crippen LogP contribution in [0.3, 0.4) is 0 Å². The van der Waals surface area contributed by atoms with Gasteiger partial charge in [0.15, 0.2) is 0 Å². The molecule has 0 fully saturated rings. The number of aromatic nitrogens is 2. The van der Waals surface area contributed by atoms with Gasteiger partial charge in [0.2, 0.25) is 0 Å². The summed E-state index contributed by atoms with van der Waals surface area (Å²) in [5, 5.41) is 2.14. The lowest BCUT2D eigenvalue weighted by Gasteiger charge is -1.95. The number of hydrogen-bond acceptors (Lipinski definition) is 2. The fraction of sp³-hybridized carbons (Fsp3) is 0.222. The zero-order valence-corrected chi connectivity index (χ0v) is 7.93. The highest BCUT2D eigenvalue weighted by Gasteiger charge is 2.04. The second-order valence-electron chi connectivity index (χ2n) is 2.85. The number of aryl methyl sites for hydroxylation is 2. The molecule has 0 saturated heterocycles. The van der Waals surface area contributed by atoms with Crippen LogP contribution in [0.5, 0.6) is 0 Å². The number of hydrogen-bond donors (Lipinski definition) is 0. The Hall–Kier alpha value is -1.09. The maximum atomic E-state index is 4.27. The molecule has 0 amide bonds. The molecule has 0 unspecified atom stereocenters. The first-order valence-electron chi connectivity index (χ1n) is 3.80. The van der Waals surface area contributed by atoms with E-state index in [0.717, 1.165) is 5.82 Å². The number of imidazole rings is 1. The van der Waals surface area contributed by atoms with Crippen LogP contribution in [0.25, 0.3) is 10.7 Å². The summed E-state index contributed by atoms with van der Waals surface area (Å²) in [6, 6.07) is 2.16. The molecule has 62 valence electrons. The Labute approximate surface area is 75.5 Å². The first-order valence-corrected chi connectivity index (χ1v) is 4.68. The van der Waals surface area contributed by atoms with Crippen LogP contribution in [0.2, 0.25) is 0 Å². The predicted molar refractivity (Wildman–Crippen MR) is 51.3 cm³/mol. The van der Waals surface area contributed by atoms with E-state index in [2.05, 4.69) is 23.4 Å². The molecule has 0 aliphatic rings. The summed E-state index contributed by atoms with van der Waals surface area (Å²) in [7, 11) is 2.01. The largest absolute Gasteiger partial charge is 0.333 e. The molecule has 0 radical (unpaired) electrons. The normalized spacial score (nSPS) is 10.5. The van der Waals surface area contributed by atoms with Crippen LogP contribution in [0.15, 0.2) is 23.8 Å². The van der Waals surface area contributed by atoms with E-state index in [-0.39, 0.29) is 0 Å². The van der Waals surface area contributed by atoms with Gasteiger partial charge < -0.3 is 4.57 Å². The first-order chi connectivity index (χ1) is 5.77. The molecule has 0 bridgehead atoms. The van der Waals surface area contributed by atoms with Crippen LogP contribution < -0.4 is 0 Å². The van der Waals surface area contributed by atoms with Gasteiger partial charge in [0, 0.05) is 19.4 Å². The Morgan fingerprint density at radius 1 is 1.50 bits per heavy atom. The molecule has 0 N–H and O–H groups in total. The fourth-order valence-corrected chi connectivity index (χ4v) is 2.09. The van der Waals surface area contributed by atoms with E-state index < -0.39 is 0 Å². The quantitative estimate of drug-likeness (QED) is 0.656. The summed E-state index contributed by atoms with van der Waals surface area (Å²) in [4.78, 5) is 5.51. The highest BCUT2D eigenvalue weighted by molar-refractivity contribution is 7.13. The monoisotopic (exact) mass is 178 g/mol. The highest BCUT2D eigenvalue weighted by atomic mass is 32.1. The van der Waals surface area contributed by atoms with Crippen LogP contribution in [0.4, 0.5) is 0 Å².